The molecule has 198 valence electrons. The highest BCUT2D eigenvalue weighted by Crippen LogP contribution is 2.52. The van der Waals surface area contributed by atoms with Crippen molar-refractivity contribution in [2.75, 3.05) is 32.5 Å². The third kappa shape index (κ3) is 3.88. The number of amides is 2. The number of benzene rings is 1. The zero-order valence-electron chi connectivity index (χ0n) is 20.7. The Morgan fingerprint density at radius 1 is 1.19 bits per heavy atom. The molecule has 0 saturated heterocycles. The number of carbonyl (C=O) groups excluding carboxylic acids is 4. The van der Waals surface area contributed by atoms with Gasteiger partial charge in [-0.1, -0.05) is 13.0 Å². The summed E-state index contributed by atoms with van der Waals surface area (Å²) >= 11 is 0. The highest BCUT2D eigenvalue weighted by Gasteiger charge is 2.63. The van der Waals surface area contributed by atoms with E-state index in [9.17, 15) is 39.6 Å². The van der Waals surface area contributed by atoms with Gasteiger partial charge in [-0.25, -0.2) is 0 Å². The fourth-order valence-corrected chi connectivity index (χ4v) is 5.76. The van der Waals surface area contributed by atoms with Crippen molar-refractivity contribution in [3.05, 3.63) is 45.9 Å². The topological polar surface area (TPSA) is 203 Å². The van der Waals surface area contributed by atoms with Crippen LogP contribution in [0.2, 0.25) is 0 Å². The largest absolute Gasteiger partial charge is 0.510 e. The molecular weight excluding hydrogens is 484 g/mol. The first-order chi connectivity index (χ1) is 17.4. The zero-order valence-corrected chi connectivity index (χ0v) is 20.7. The molecule has 0 spiro atoms. The third-order valence-corrected chi connectivity index (χ3v) is 7.40. The van der Waals surface area contributed by atoms with E-state index in [2.05, 4.69) is 10.6 Å². The molecule has 3 aliphatic rings. The van der Waals surface area contributed by atoms with Gasteiger partial charge in [0.25, 0.3) is 5.91 Å². The number of primary amides is 1. The maximum absolute atomic E-state index is 13.6. The molecule has 1 aromatic carbocycles. The molecular formula is C25H30N4O8. The van der Waals surface area contributed by atoms with Crippen molar-refractivity contribution in [3.63, 3.8) is 0 Å². The normalized spacial score (nSPS) is 27.1. The van der Waals surface area contributed by atoms with Crippen molar-refractivity contribution in [3.8, 4) is 5.75 Å². The minimum atomic E-state index is -2.70. The summed E-state index contributed by atoms with van der Waals surface area (Å²) in [7, 11) is 3.13. The Balaban J connectivity index is 1.83. The number of carbonyl (C=O) groups is 4. The van der Waals surface area contributed by atoms with Gasteiger partial charge in [-0.2, -0.15) is 0 Å². The number of aliphatic hydroxyl groups excluding tert-OH is 2. The van der Waals surface area contributed by atoms with E-state index >= 15 is 0 Å². The van der Waals surface area contributed by atoms with E-state index in [4.69, 9.17) is 5.73 Å². The molecule has 37 heavy (non-hydrogen) atoms. The van der Waals surface area contributed by atoms with Gasteiger partial charge in [-0.15, -0.1) is 0 Å². The van der Waals surface area contributed by atoms with Crippen LogP contribution in [0.5, 0.6) is 5.75 Å². The summed E-state index contributed by atoms with van der Waals surface area (Å²) in [5.74, 6) is -7.63. The standard InChI is InChI=1S/C25H30N4O8/c1-4-27-9-14(30)28-13-6-5-10-7-11-8-12-18(29(2)3)21(33)17(24(26)36)23(35)25(12,37)22(34)16(11)20(32)15(10)19(13)31/h5-6,11-12,18,27,31,33-34,37H,4,7-9H2,1-3H3,(H2,26,36)(H,28,30)/t11?,12?,18-,25-/m0/s1. The minimum Gasteiger partial charge on any atom is -0.510 e. The third-order valence-electron chi connectivity index (χ3n) is 7.40. The van der Waals surface area contributed by atoms with Crippen molar-refractivity contribution in [1.29, 1.82) is 0 Å². The molecule has 0 aromatic heterocycles. The number of nitrogens with two attached hydrogens (primary N) is 1. The molecule has 4 rings (SSSR count). The number of fused-ring (bicyclic) bond motifs is 3. The molecule has 4 atom stereocenters. The zero-order chi connectivity index (χ0) is 27.4. The second-order valence-corrected chi connectivity index (χ2v) is 9.79. The molecule has 0 saturated carbocycles. The second kappa shape index (κ2) is 9.29. The molecule has 0 heterocycles. The minimum absolute atomic E-state index is 0.00764. The lowest BCUT2D eigenvalue weighted by Gasteiger charge is -2.50. The van der Waals surface area contributed by atoms with Crippen molar-refractivity contribution in [2.24, 2.45) is 17.6 Å². The number of nitrogens with one attached hydrogen (secondary N) is 2. The van der Waals surface area contributed by atoms with E-state index in [-0.39, 0.29) is 36.2 Å². The maximum Gasteiger partial charge on any atom is 0.255 e. The number of anilines is 1. The van der Waals surface area contributed by atoms with E-state index in [1.165, 1.54) is 11.0 Å². The van der Waals surface area contributed by atoms with Gasteiger partial charge >= 0.3 is 0 Å². The number of hydrogen-bond acceptors (Lipinski definition) is 10. The van der Waals surface area contributed by atoms with E-state index < -0.39 is 69.7 Å². The highest BCUT2D eigenvalue weighted by molar-refractivity contribution is 6.25. The number of phenolic OH excluding ortho intramolecular Hbond substituents is 1. The fraction of sp³-hybridized carbons (Fsp3) is 0.440. The number of hydrogen-bond donors (Lipinski definition) is 7. The molecule has 12 nitrogen and oxygen atoms in total. The average Bonchev–Trinajstić information content (AvgIpc) is 2.81. The molecule has 3 aliphatic carbocycles. The quantitative estimate of drug-likeness (QED) is 0.194. The number of likely N-dealkylation sites (N-methyl/N-ethyl adjacent to an activating group) is 2. The van der Waals surface area contributed by atoms with E-state index in [0.717, 1.165) is 0 Å². The summed E-state index contributed by atoms with van der Waals surface area (Å²) in [6, 6.07) is 2.01. The summed E-state index contributed by atoms with van der Waals surface area (Å²) in [4.78, 5) is 52.5. The molecule has 2 unspecified atom stereocenters. The van der Waals surface area contributed by atoms with Crippen LogP contribution in [-0.2, 0) is 20.8 Å². The average molecular weight is 515 g/mol. The van der Waals surface area contributed by atoms with Gasteiger partial charge in [0.2, 0.25) is 11.7 Å². The number of phenols is 1. The number of allylic oxidation sites excluding steroid dienone is 1. The predicted molar refractivity (Wildman–Crippen MR) is 131 cm³/mol. The van der Waals surface area contributed by atoms with Gasteiger partial charge in [-0.3, -0.25) is 24.1 Å². The molecule has 0 aliphatic heterocycles. The van der Waals surface area contributed by atoms with Crippen molar-refractivity contribution in [1.82, 2.24) is 10.2 Å². The molecule has 0 bridgehead atoms. The summed E-state index contributed by atoms with van der Waals surface area (Å²) < 4.78 is 0. The number of rotatable bonds is 6. The van der Waals surface area contributed by atoms with Crippen molar-refractivity contribution >= 4 is 29.1 Å². The van der Waals surface area contributed by atoms with Gasteiger partial charge in [0.15, 0.2) is 17.1 Å². The Morgan fingerprint density at radius 2 is 1.86 bits per heavy atom. The van der Waals surface area contributed by atoms with Gasteiger partial charge in [0, 0.05) is 11.5 Å². The van der Waals surface area contributed by atoms with Crippen LogP contribution in [0.1, 0.15) is 29.3 Å². The van der Waals surface area contributed by atoms with Crippen molar-refractivity contribution in [2.45, 2.75) is 31.4 Å². The number of ketones is 2. The van der Waals surface area contributed by atoms with Crippen LogP contribution >= 0.6 is 0 Å². The second-order valence-electron chi connectivity index (χ2n) is 9.79. The predicted octanol–water partition coefficient (Wildman–Crippen LogP) is -0.331. The summed E-state index contributed by atoms with van der Waals surface area (Å²) in [5, 5.41) is 49.9. The van der Waals surface area contributed by atoms with Crippen LogP contribution < -0.4 is 16.4 Å². The summed E-state index contributed by atoms with van der Waals surface area (Å²) in [5.41, 5.74) is 1.79. The summed E-state index contributed by atoms with van der Waals surface area (Å²) in [6.45, 7) is 2.36. The Hall–Kier alpha value is -3.74. The Morgan fingerprint density at radius 3 is 2.46 bits per heavy atom. The number of nitrogens with zero attached hydrogens (tertiary/aromatic N) is 1. The van der Waals surface area contributed by atoms with Gasteiger partial charge in [0.05, 0.1) is 23.8 Å². The smallest absolute Gasteiger partial charge is 0.255 e. The molecule has 0 radical (unpaired) electrons. The lowest BCUT2D eigenvalue weighted by atomic mass is 9.58. The molecule has 12 heteroatoms. The maximum atomic E-state index is 13.6. The van der Waals surface area contributed by atoms with Crippen LogP contribution in [0.3, 0.4) is 0 Å². The van der Waals surface area contributed by atoms with Crippen LogP contribution in [0.15, 0.2) is 34.8 Å². The first-order valence-electron chi connectivity index (χ1n) is 11.9. The van der Waals surface area contributed by atoms with Crippen LogP contribution in [0.25, 0.3) is 0 Å². The Kier molecular flexibility index (Phi) is 6.61. The Labute approximate surface area is 212 Å². The number of Topliss-reactive ketones (excluding diaryl/α,β-unsaturated/α-hetero) is 2. The van der Waals surface area contributed by atoms with Gasteiger partial charge in [-0.05, 0) is 51.0 Å². The van der Waals surface area contributed by atoms with Crippen LogP contribution in [0.4, 0.5) is 5.69 Å². The monoisotopic (exact) mass is 514 g/mol. The van der Waals surface area contributed by atoms with Crippen molar-refractivity contribution < 1.29 is 39.6 Å². The summed E-state index contributed by atoms with van der Waals surface area (Å²) in [6.07, 6.45) is 0.182. The van der Waals surface area contributed by atoms with Gasteiger partial charge in [0.1, 0.15) is 17.1 Å². The number of aliphatic hydroxyl groups is 3. The Bertz CT molecular complexity index is 1280. The molecule has 8 N–H and O–H groups in total. The number of aromatic hydroxyl groups is 1. The first kappa shape index (κ1) is 26.3. The lowest BCUT2D eigenvalue weighted by molar-refractivity contribution is -0.148. The molecule has 2 amide bonds. The highest BCUT2D eigenvalue weighted by atomic mass is 16.3. The lowest BCUT2D eigenvalue weighted by Crippen LogP contribution is -2.63. The van der Waals surface area contributed by atoms with E-state index in [1.807, 2.05) is 6.92 Å². The molecule has 0 fully saturated rings. The van der Waals surface area contributed by atoms with Crippen LogP contribution in [0, 0.1) is 11.8 Å². The fourth-order valence-electron chi connectivity index (χ4n) is 5.76. The van der Waals surface area contributed by atoms with Gasteiger partial charge < -0.3 is 36.8 Å². The van der Waals surface area contributed by atoms with E-state index in [1.54, 1.807) is 20.2 Å². The SMILES string of the molecule is CCNCC(=O)Nc1ccc2c(c1O)C(=O)C1=C(O)[C@]3(O)C(=O)C(C(N)=O)=C(O)[C@@H](N(C)C)C3CC1C2. The van der Waals surface area contributed by atoms with Crippen LogP contribution in [-0.4, -0.2) is 87.5 Å². The van der Waals surface area contributed by atoms with E-state index in [0.29, 0.717) is 12.1 Å². The molecule has 1 aromatic rings. The first-order valence-corrected chi connectivity index (χ1v) is 11.9.